The Morgan fingerprint density at radius 3 is 2.56 bits per heavy atom. The van der Waals surface area contributed by atoms with E-state index in [-0.39, 0.29) is 42.7 Å². The van der Waals surface area contributed by atoms with Crippen molar-refractivity contribution in [1.82, 2.24) is 9.80 Å². The lowest BCUT2D eigenvalue weighted by Crippen LogP contribution is -2.53. The molecule has 1 saturated heterocycles. The molecule has 2 aliphatic rings. The second-order valence-electron chi connectivity index (χ2n) is 6.83. The fraction of sp³-hybridized carbons (Fsp3) is 0.556. The number of nitrogens with two attached hydrogens (primary N) is 1. The summed E-state index contributed by atoms with van der Waals surface area (Å²) in [6.45, 7) is 1.92. The SMILES string of the molecule is Cl.NC1CCCC(C(=O)N2CCN(Cc3ccc(Cl)cc3)C(=O)C2)C1. The van der Waals surface area contributed by atoms with E-state index in [1.165, 1.54) is 0 Å². The van der Waals surface area contributed by atoms with Crippen molar-refractivity contribution in [2.75, 3.05) is 19.6 Å². The van der Waals surface area contributed by atoms with Crippen LogP contribution in [0, 0.1) is 5.92 Å². The molecule has 1 aliphatic heterocycles. The van der Waals surface area contributed by atoms with E-state index in [4.69, 9.17) is 17.3 Å². The smallest absolute Gasteiger partial charge is 0.242 e. The van der Waals surface area contributed by atoms with Gasteiger partial charge in [0.2, 0.25) is 11.8 Å². The molecule has 1 aliphatic carbocycles. The molecule has 2 N–H and O–H groups in total. The van der Waals surface area contributed by atoms with Crippen LogP contribution in [0.3, 0.4) is 0 Å². The van der Waals surface area contributed by atoms with Crippen molar-refractivity contribution >= 4 is 35.8 Å². The Balaban J connectivity index is 0.00000225. The molecule has 1 aromatic rings. The molecule has 0 radical (unpaired) electrons. The molecule has 5 nitrogen and oxygen atoms in total. The molecule has 2 atom stereocenters. The van der Waals surface area contributed by atoms with Gasteiger partial charge in [0, 0.05) is 36.6 Å². The van der Waals surface area contributed by atoms with Gasteiger partial charge in [0.1, 0.15) is 0 Å². The Bertz CT molecular complexity index is 609. The molecule has 25 heavy (non-hydrogen) atoms. The second-order valence-corrected chi connectivity index (χ2v) is 7.26. The summed E-state index contributed by atoms with van der Waals surface area (Å²) < 4.78 is 0. The zero-order valence-corrected chi connectivity index (χ0v) is 15.8. The number of halogens is 2. The van der Waals surface area contributed by atoms with Gasteiger partial charge in [-0.25, -0.2) is 0 Å². The van der Waals surface area contributed by atoms with Gasteiger partial charge in [-0.3, -0.25) is 9.59 Å². The van der Waals surface area contributed by atoms with Crippen molar-refractivity contribution in [3.63, 3.8) is 0 Å². The van der Waals surface area contributed by atoms with Crippen molar-refractivity contribution in [2.24, 2.45) is 11.7 Å². The molecule has 1 aromatic carbocycles. The maximum absolute atomic E-state index is 12.6. The standard InChI is InChI=1S/C18H24ClN3O2.ClH/c19-15-6-4-13(5-7-15)11-21-8-9-22(12-17(21)23)18(24)14-2-1-3-16(20)10-14;/h4-7,14,16H,1-3,8-12,20H2;1H. The third kappa shape index (κ3) is 5.09. The topological polar surface area (TPSA) is 66.6 Å². The minimum atomic E-state index is -0.00985. The molecule has 7 heteroatoms. The molecular weight excluding hydrogens is 361 g/mol. The maximum Gasteiger partial charge on any atom is 0.242 e. The first-order valence-electron chi connectivity index (χ1n) is 8.59. The number of benzene rings is 1. The van der Waals surface area contributed by atoms with Crippen LogP contribution in [-0.4, -0.2) is 47.3 Å². The third-order valence-electron chi connectivity index (χ3n) is 4.98. The average molecular weight is 386 g/mol. The monoisotopic (exact) mass is 385 g/mol. The molecule has 2 amide bonds. The van der Waals surface area contributed by atoms with Crippen LogP contribution in [0.4, 0.5) is 0 Å². The van der Waals surface area contributed by atoms with Gasteiger partial charge in [0.15, 0.2) is 0 Å². The van der Waals surface area contributed by atoms with Gasteiger partial charge < -0.3 is 15.5 Å². The Labute approximate surface area is 159 Å². The minimum Gasteiger partial charge on any atom is -0.335 e. The van der Waals surface area contributed by atoms with E-state index < -0.39 is 0 Å². The Hall–Kier alpha value is -1.30. The first-order valence-corrected chi connectivity index (χ1v) is 8.97. The van der Waals surface area contributed by atoms with E-state index in [1.807, 2.05) is 24.3 Å². The van der Waals surface area contributed by atoms with Crippen LogP contribution in [0.25, 0.3) is 0 Å². The molecule has 0 bridgehead atoms. The quantitative estimate of drug-likeness (QED) is 0.868. The molecular formula is C18H25Cl2N3O2. The summed E-state index contributed by atoms with van der Waals surface area (Å²) in [4.78, 5) is 28.6. The number of carbonyl (C=O) groups is 2. The summed E-state index contributed by atoms with van der Waals surface area (Å²) in [7, 11) is 0. The first-order chi connectivity index (χ1) is 11.5. The number of hydrogen-bond acceptors (Lipinski definition) is 3. The van der Waals surface area contributed by atoms with Crippen molar-refractivity contribution in [1.29, 1.82) is 0 Å². The summed E-state index contributed by atoms with van der Waals surface area (Å²) in [6, 6.07) is 7.63. The Morgan fingerprint density at radius 1 is 1.20 bits per heavy atom. The van der Waals surface area contributed by atoms with Gasteiger partial charge in [-0.2, -0.15) is 0 Å². The van der Waals surface area contributed by atoms with Crippen LogP contribution >= 0.6 is 24.0 Å². The number of rotatable bonds is 3. The van der Waals surface area contributed by atoms with E-state index in [0.717, 1.165) is 31.2 Å². The highest BCUT2D eigenvalue weighted by Gasteiger charge is 2.33. The van der Waals surface area contributed by atoms with Crippen LogP contribution in [0.15, 0.2) is 24.3 Å². The van der Waals surface area contributed by atoms with Gasteiger partial charge in [0.25, 0.3) is 0 Å². The molecule has 2 fully saturated rings. The summed E-state index contributed by atoms with van der Waals surface area (Å²) in [5, 5.41) is 0.686. The number of carbonyl (C=O) groups excluding carboxylic acids is 2. The van der Waals surface area contributed by atoms with E-state index in [2.05, 4.69) is 0 Å². The Morgan fingerprint density at radius 2 is 1.92 bits per heavy atom. The van der Waals surface area contributed by atoms with Crippen LogP contribution in [0.1, 0.15) is 31.2 Å². The van der Waals surface area contributed by atoms with Crippen LogP contribution in [0.5, 0.6) is 0 Å². The Kier molecular flexibility index (Phi) is 7.11. The molecule has 0 spiro atoms. The van der Waals surface area contributed by atoms with E-state index in [1.54, 1.807) is 9.80 Å². The van der Waals surface area contributed by atoms with Gasteiger partial charge in [-0.1, -0.05) is 30.2 Å². The second kappa shape index (κ2) is 8.88. The van der Waals surface area contributed by atoms with Crippen molar-refractivity contribution in [3.8, 4) is 0 Å². The highest BCUT2D eigenvalue weighted by Crippen LogP contribution is 2.25. The van der Waals surface area contributed by atoms with Crippen molar-refractivity contribution < 1.29 is 9.59 Å². The number of nitrogens with zero attached hydrogens (tertiary/aromatic N) is 2. The molecule has 1 heterocycles. The van der Waals surface area contributed by atoms with Crippen LogP contribution < -0.4 is 5.73 Å². The van der Waals surface area contributed by atoms with E-state index in [9.17, 15) is 9.59 Å². The fourth-order valence-electron chi connectivity index (χ4n) is 3.58. The molecule has 1 saturated carbocycles. The summed E-state index contributed by atoms with van der Waals surface area (Å²) in [5.41, 5.74) is 7.03. The van der Waals surface area contributed by atoms with E-state index >= 15 is 0 Å². The highest BCUT2D eigenvalue weighted by molar-refractivity contribution is 6.30. The van der Waals surface area contributed by atoms with Crippen molar-refractivity contribution in [2.45, 2.75) is 38.3 Å². The van der Waals surface area contributed by atoms with E-state index in [0.29, 0.717) is 24.7 Å². The first kappa shape index (κ1) is 20.0. The minimum absolute atomic E-state index is 0. The predicted molar refractivity (Wildman–Crippen MR) is 101 cm³/mol. The predicted octanol–water partition coefficient (Wildman–Crippen LogP) is 2.45. The molecule has 138 valence electrons. The van der Waals surface area contributed by atoms with Gasteiger partial charge in [0.05, 0.1) is 6.54 Å². The average Bonchev–Trinajstić information content (AvgIpc) is 2.58. The maximum atomic E-state index is 12.6. The lowest BCUT2D eigenvalue weighted by atomic mass is 9.85. The largest absolute Gasteiger partial charge is 0.335 e. The summed E-state index contributed by atoms with van der Waals surface area (Å²) in [6.07, 6.45) is 3.64. The van der Waals surface area contributed by atoms with Gasteiger partial charge in [-0.15, -0.1) is 12.4 Å². The fourth-order valence-corrected chi connectivity index (χ4v) is 3.71. The molecule has 3 rings (SSSR count). The van der Waals surface area contributed by atoms with Crippen LogP contribution in [-0.2, 0) is 16.1 Å². The number of piperazine rings is 1. The normalized spacial score (nSPS) is 24.0. The highest BCUT2D eigenvalue weighted by atomic mass is 35.5. The van der Waals surface area contributed by atoms with Gasteiger partial charge in [-0.05, 0) is 37.0 Å². The lowest BCUT2D eigenvalue weighted by molar-refractivity contribution is -0.148. The molecule has 0 aromatic heterocycles. The molecule has 2 unspecified atom stereocenters. The third-order valence-corrected chi connectivity index (χ3v) is 5.23. The summed E-state index contributed by atoms with van der Waals surface area (Å²) >= 11 is 5.89. The van der Waals surface area contributed by atoms with Crippen LogP contribution in [0.2, 0.25) is 5.02 Å². The number of hydrogen-bond donors (Lipinski definition) is 1. The summed E-state index contributed by atoms with van der Waals surface area (Å²) in [5.74, 6) is 0.0960. The van der Waals surface area contributed by atoms with Crippen molar-refractivity contribution in [3.05, 3.63) is 34.9 Å². The number of amides is 2. The lowest BCUT2D eigenvalue weighted by Gasteiger charge is -2.37. The zero-order valence-electron chi connectivity index (χ0n) is 14.2. The zero-order chi connectivity index (χ0) is 17.1. The van der Waals surface area contributed by atoms with Gasteiger partial charge >= 0.3 is 0 Å².